The highest BCUT2D eigenvalue weighted by Gasteiger charge is 2.03. The van der Waals surface area contributed by atoms with E-state index in [-0.39, 0.29) is 0 Å². The van der Waals surface area contributed by atoms with Crippen LogP contribution in [-0.2, 0) is 0 Å². The van der Waals surface area contributed by atoms with Crippen LogP contribution in [0.4, 0.5) is 0 Å². The number of nitrogens with zero attached hydrogens (tertiary/aromatic N) is 2. The van der Waals surface area contributed by atoms with Crippen LogP contribution in [0, 0.1) is 6.92 Å². The Morgan fingerprint density at radius 2 is 1.87 bits per heavy atom. The average Bonchev–Trinajstić information content (AvgIpc) is 2.16. The molecule has 0 atom stereocenters. The van der Waals surface area contributed by atoms with E-state index < -0.39 is 0 Å². The van der Waals surface area contributed by atoms with Crippen LogP contribution < -0.4 is 0 Å². The van der Waals surface area contributed by atoms with Gasteiger partial charge in [-0.25, -0.2) is 9.97 Å². The molecule has 1 aromatic heterocycles. The van der Waals surface area contributed by atoms with Gasteiger partial charge in [-0.2, -0.15) is 0 Å². The van der Waals surface area contributed by atoms with Gasteiger partial charge in [0.2, 0.25) is 0 Å². The molecule has 0 radical (unpaired) electrons. The molecule has 1 aromatic carbocycles. The van der Waals surface area contributed by atoms with Gasteiger partial charge in [0.15, 0.2) is 5.82 Å². The zero-order valence-corrected chi connectivity index (χ0v) is 11.2. The third-order valence-corrected chi connectivity index (χ3v) is 2.81. The maximum atomic E-state index is 4.38. The van der Waals surface area contributed by atoms with Crippen LogP contribution in [0.25, 0.3) is 11.4 Å². The zero-order chi connectivity index (χ0) is 10.8. The van der Waals surface area contributed by atoms with E-state index in [4.69, 9.17) is 0 Å². The van der Waals surface area contributed by atoms with Gasteiger partial charge >= 0.3 is 0 Å². The minimum absolute atomic E-state index is 0.739. The van der Waals surface area contributed by atoms with Crippen molar-refractivity contribution in [3.8, 4) is 11.4 Å². The summed E-state index contributed by atoms with van der Waals surface area (Å²) in [5.74, 6) is 0.739. The lowest BCUT2D eigenvalue weighted by molar-refractivity contribution is 1.09. The van der Waals surface area contributed by atoms with Gasteiger partial charge in [0.25, 0.3) is 0 Å². The highest BCUT2D eigenvalue weighted by atomic mass is 79.9. The normalized spacial score (nSPS) is 10.3. The van der Waals surface area contributed by atoms with Crippen molar-refractivity contribution in [3.63, 3.8) is 0 Å². The minimum atomic E-state index is 0.739. The van der Waals surface area contributed by atoms with Crippen molar-refractivity contribution in [3.05, 3.63) is 45.1 Å². The summed E-state index contributed by atoms with van der Waals surface area (Å²) < 4.78 is 1.84. The molecule has 15 heavy (non-hydrogen) atoms. The topological polar surface area (TPSA) is 25.8 Å². The summed E-state index contributed by atoms with van der Waals surface area (Å²) in [6.07, 6.45) is 0. The van der Waals surface area contributed by atoms with Crippen LogP contribution in [0.3, 0.4) is 0 Å². The van der Waals surface area contributed by atoms with Gasteiger partial charge in [0, 0.05) is 15.7 Å². The molecule has 0 saturated heterocycles. The summed E-state index contributed by atoms with van der Waals surface area (Å²) in [5, 5.41) is 0. The quantitative estimate of drug-likeness (QED) is 0.740. The molecule has 4 heteroatoms. The number of hydrogen-bond acceptors (Lipinski definition) is 2. The molecule has 0 fully saturated rings. The standard InChI is InChI=1S/C11H8Br2N2/c1-7-5-10(13)15-11(14-7)8-3-2-4-9(12)6-8/h2-6H,1H3. The number of aromatic nitrogens is 2. The highest BCUT2D eigenvalue weighted by molar-refractivity contribution is 9.10. The Hall–Kier alpha value is -0.740. The molecule has 0 bridgehead atoms. The van der Waals surface area contributed by atoms with Gasteiger partial charge in [-0.05, 0) is 41.1 Å². The second-order valence-corrected chi connectivity index (χ2v) is 4.89. The maximum absolute atomic E-state index is 4.38. The Bertz CT molecular complexity index is 477. The largest absolute Gasteiger partial charge is 0.233 e. The van der Waals surface area contributed by atoms with E-state index >= 15 is 0 Å². The first-order chi connectivity index (χ1) is 7.15. The summed E-state index contributed by atoms with van der Waals surface area (Å²) in [5.41, 5.74) is 1.96. The second kappa shape index (κ2) is 4.41. The van der Waals surface area contributed by atoms with Gasteiger partial charge in [0.05, 0.1) is 0 Å². The second-order valence-electron chi connectivity index (χ2n) is 3.17. The molecule has 2 aromatic rings. The van der Waals surface area contributed by atoms with Gasteiger partial charge in [-0.15, -0.1) is 0 Å². The average molecular weight is 328 g/mol. The first-order valence-corrected chi connectivity index (χ1v) is 6.01. The minimum Gasteiger partial charge on any atom is -0.233 e. The molecule has 0 spiro atoms. The van der Waals surface area contributed by atoms with Crippen LogP contribution >= 0.6 is 31.9 Å². The molecule has 0 unspecified atom stereocenters. The summed E-state index contributed by atoms with van der Waals surface area (Å²) in [4.78, 5) is 8.71. The molecule has 0 saturated carbocycles. The van der Waals surface area contributed by atoms with Crippen LogP contribution in [0.2, 0.25) is 0 Å². The fourth-order valence-electron chi connectivity index (χ4n) is 1.29. The Morgan fingerprint density at radius 1 is 1.07 bits per heavy atom. The molecule has 0 aliphatic carbocycles. The lowest BCUT2D eigenvalue weighted by Crippen LogP contribution is -1.92. The van der Waals surface area contributed by atoms with Crippen molar-refractivity contribution in [2.24, 2.45) is 0 Å². The first kappa shape index (κ1) is 10.8. The summed E-state index contributed by atoms with van der Waals surface area (Å²) in [7, 11) is 0. The fraction of sp³-hybridized carbons (Fsp3) is 0.0909. The molecule has 0 N–H and O–H groups in total. The Labute approximate surface area is 105 Å². The monoisotopic (exact) mass is 326 g/mol. The van der Waals surface area contributed by atoms with Crippen molar-refractivity contribution in [1.29, 1.82) is 0 Å². The Balaban J connectivity index is 2.54. The van der Waals surface area contributed by atoms with Gasteiger partial charge in [0.1, 0.15) is 4.60 Å². The number of aryl methyl sites for hydroxylation is 1. The van der Waals surface area contributed by atoms with Gasteiger partial charge in [-0.3, -0.25) is 0 Å². The fourth-order valence-corrected chi connectivity index (χ4v) is 2.19. The SMILES string of the molecule is Cc1cc(Br)nc(-c2cccc(Br)c2)n1. The third kappa shape index (κ3) is 2.63. The Kier molecular flexibility index (Phi) is 3.17. The molecule has 0 amide bonds. The van der Waals surface area contributed by atoms with Crippen LogP contribution in [0.15, 0.2) is 39.4 Å². The van der Waals surface area contributed by atoms with Crippen LogP contribution in [-0.4, -0.2) is 9.97 Å². The molecular formula is C11H8Br2N2. The van der Waals surface area contributed by atoms with E-state index in [1.165, 1.54) is 0 Å². The van der Waals surface area contributed by atoms with Crippen molar-refractivity contribution in [1.82, 2.24) is 9.97 Å². The van der Waals surface area contributed by atoms with Crippen molar-refractivity contribution < 1.29 is 0 Å². The molecular weight excluding hydrogens is 320 g/mol. The van der Waals surface area contributed by atoms with E-state index in [0.717, 1.165) is 26.2 Å². The van der Waals surface area contributed by atoms with E-state index in [1.54, 1.807) is 0 Å². The van der Waals surface area contributed by atoms with E-state index in [9.17, 15) is 0 Å². The predicted molar refractivity (Wildman–Crippen MR) is 67.6 cm³/mol. The third-order valence-electron chi connectivity index (χ3n) is 1.91. The van der Waals surface area contributed by atoms with Crippen molar-refractivity contribution >= 4 is 31.9 Å². The molecule has 2 nitrogen and oxygen atoms in total. The molecule has 2 rings (SSSR count). The summed E-state index contributed by atoms with van der Waals surface area (Å²) in [6.45, 7) is 1.95. The first-order valence-electron chi connectivity index (χ1n) is 4.42. The van der Waals surface area contributed by atoms with Gasteiger partial charge in [-0.1, -0.05) is 28.1 Å². The van der Waals surface area contributed by atoms with E-state index in [0.29, 0.717) is 0 Å². The number of rotatable bonds is 1. The molecule has 0 aliphatic rings. The number of benzene rings is 1. The van der Waals surface area contributed by atoms with E-state index in [1.807, 2.05) is 37.3 Å². The smallest absolute Gasteiger partial charge is 0.160 e. The predicted octanol–water partition coefficient (Wildman–Crippen LogP) is 3.98. The van der Waals surface area contributed by atoms with Crippen LogP contribution in [0.1, 0.15) is 5.69 Å². The lowest BCUT2D eigenvalue weighted by Gasteiger charge is -2.02. The molecule has 0 aliphatic heterocycles. The van der Waals surface area contributed by atoms with Gasteiger partial charge < -0.3 is 0 Å². The number of hydrogen-bond donors (Lipinski definition) is 0. The van der Waals surface area contributed by atoms with Crippen LogP contribution in [0.5, 0.6) is 0 Å². The highest BCUT2D eigenvalue weighted by Crippen LogP contribution is 2.21. The maximum Gasteiger partial charge on any atom is 0.160 e. The van der Waals surface area contributed by atoms with E-state index in [2.05, 4.69) is 41.8 Å². The van der Waals surface area contributed by atoms with Crippen molar-refractivity contribution in [2.45, 2.75) is 6.92 Å². The lowest BCUT2D eigenvalue weighted by atomic mass is 10.2. The molecule has 76 valence electrons. The summed E-state index contributed by atoms with van der Waals surface area (Å²) in [6, 6.07) is 9.84. The number of halogens is 2. The molecule has 1 heterocycles. The zero-order valence-electron chi connectivity index (χ0n) is 8.04. The van der Waals surface area contributed by atoms with Crippen molar-refractivity contribution in [2.75, 3.05) is 0 Å². The summed E-state index contributed by atoms with van der Waals surface area (Å²) >= 11 is 6.80. The Morgan fingerprint density at radius 3 is 2.53 bits per heavy atom.